The molecule has 110 valence electrons. The second-order valence-corrected chi connectivity index (χ2v) is 5.68. The lowest BCUT2D eigenvalue weighted by Crippen LogP contribution is -2.12. The SMILES string of the molecule is CCc1ccc(C(=O)COc2ccccc2NC(C)=O)s1. The molecule has 0 aliphatic carbocycles. The molecular formula is C16H17NO3S. The van der Waals surface area contributed by atoms with E-state index in [-0.39, 0.29) is 18.3 Å². The van der Waals surface area contributed by atoms with Gasteiger partial charge in [-0.25, -0.2) is 0 Å². The van der Waals surface area contributed by atoms with Crippen molar-refractivity contribution in [3.05, 3.63) is 46.2 Å². The molecule has 0 spiro atoms. The van der Waals surface area contributed by atoms with Crippen molar-refractivity contribution in [1.82, 2.24) is 0 Å². The predicted molar refractivity (Wildman–Crippen MR) is 84.3 cm³/mol. The first-order chi connectivity index (χ1) is 10.1. The minimum absolute atomic E-state index is 0.0414. The summed E-state index contributed by atoms with van der Waals surface area (Å²) >= 11 is 1.49. The highest BCUT2D eigenvalue weighted by molar-refractivity contribution is 7.14. The Labute approximate surface area is 127 Å². The standard InChI is InChI=1S/C16H17NO3S/c1-3-12-8-9-16(21-12)14(19)10-20-15-7-5-4-6-13(15)17-11(2)18/h4-9H,3,10H2,1-2H3,(H,17,18). The number of anilines is 1. The average molecular weight is 303 g/mol. The second-order valence-electron chi connectivity index (χ2n) is 4.51. The fourth-order valence-corrected chi connectivity index (χ4v) is 2.69. The molecule has 1 aromatic carbocycles. The van der Waals surface area contributed by atoms with E-state index in [0.29, 0.717) is 16.3 Å². The van der Waals surface area contributed by atoms with E-state index in [9.17, 15) is 9.59 Å². The van der Waals surface area contributed by atoms with E-state index < -0.39 is 0 Å². The van der Waals surface area contributed by atoms with Crippen molar-refractivity contribution in [2.24, 2.45) is 0 Å². The molecule has 0 aliphatic rings. The first-order valence-corrected chi connectivity index (χ1v) is 7.53. The number of carbonyl (C=O) groups excluding carboxylic acids is 2. The Balaban J connectivity index is 2.02. The summed E-state index contributed by atoms with van der Waals surface area (Å²) in [5.41, 5.74) is 0.568. The van der Waals surface area contributed by atoms with Crippen LogP contribution in [0.2, 0.25) is 0 Å². The van der Waals surface area contributed by atoms with Crippen molar-refractivity contribution in [2.75, 3.05) is 11.9 Å². The summed E-state index contributed by atoms with van der Waals surface area (Å²) in [6.07, 6.45) is 0.921. The van der Waals surface area contributed by atoms with Crippen molar-refractivity contribution in [3.8, 4) is 5.75 Å². The molecule has 0 saturated carbocycles. The van der Waals surface area contributed by atoms with Gasteiger partial charge in [-0.2, -0.15) is 0 Å². The van der Waals surface area contributed by atoms with E-state index in [0.717, 1.165) is 6.42 Å². The minimum atomic E-state index is -0.178. The number of hydrogen-bond donors (Lipinski definition) is 1. The number of hydrogen-bond acceptors (Lipinski definition) is 4. The van der Waals surface area contributed by atoms with Gasteiger partial charge in [-0.3, -0.25) is 9.59 Å². The maximum atomic E-state index is 12.1. The molecule has 1 heterocycles. The number of rotatable bonds is 6. The van der Waals surface area contributed by atoms with Gasteiger partial charge < -0.3 is 10.1 Å². The van der Waals surface area contributed by atoms with Crippen LogP contribution in [0.5, 0.6) is 5.75 Å². The van der Waals surface area contributed by atoms with Crippen molar-refractivity contribution < 1.29 is 14.3 Å². The molecule has 1 N–H and O–H groups in total. The lowest BCUT2D eigenvalue weighted by molar-refractivity contribution is -0.114. The fourth-order valence-electron chi connectivity index (χ4n) is 1.82. The van der Waals surface area contributed by atoms with Crippen LogP contribution in [0.25, 0.3) is 0 Å². The summed E-state index contributed by atoms with van der Waals surface area (Å²) in [4.78, 5) is 25.1. The zero-order chi connectivity index (χ0) is 15.2. The highest BCUT2D eigenvalue weighted by Crippen LogP contribution is 2.24. The van der Waals surface area contributed by atoms with Gasteiger partial charge in [0.05, 0.1) is 10.6 Å². The summed E-state index contributed by atoms with van der Waals surface area (Å²) < 4.78 is 5.54. The molecule has 2 rings (SSSR count). The number of thiophene rings is 1. The molecular weight excluding hydrogens is 286 g/mol. The first kappa shape index (κ1) is 15.3. The summed E-state index contributed by atoms with van der Waals surface area (Å²) in [7, 11) is 0. The van der Waals surface area contributed by atoms with Crippen molar-refractivity contribution in [1.29, 1.82) is 0 Å². The zero-order valence-corrected chi connectivity index (χ0v) is 12.8. The molecule has 4 nitrogen and oxygen atoms in total. The number of Topliss-reactive ketones (excluding diaryl/α,β-unsaturated/α-hetero) is 1. The predicted octanol–water partition coefficient (Wildman–Crippen LogP) is 3.53. The number of ether oxygens (including phenoxy) is 1. The van der Waals surface area contributed by atoms with E-state index in [1.54, 1.807) is 24.3 Å². The van der Waals surface area contributed by atoms with Crippen LogP contribution in [0, 0.1) is 0 Å². The van der Waals surface area contributed by atoms with Gasteiger partial charge in [-0.15, -0.1) is 11.3 Å². The molecule has 0 radical (unpaired) electrons. The third kappa shape index (κ3) is 4.16. The Kier molecular flexibility index (Phi) is 5.11. The van der Waals surface area contributed by atoms with Crippen LogP contribution in [0.15, 0.2) is 36.4 Å². The van der Waals surface area contributed by atoms with E-state index in [2.05, 4.69) is 12.2 Å². The quantitative estimate of drug-likeness (QED) is 0.831. The highest BCUT2D eigenvalue weighted by atomic mass is 32.1. The van der Waals surface area contributed by atoms with Crippen LogP contribution in [0.4, 0.5) is 5.69 Å². The van der Waals surface area contributed by atoms with Gasteiger partial charge >= 0.3 is 0 Å². The minimum Gasteiger partial charge on any atom is -0.483 e. The van der Waals surface area contributed by atoms with E-state index in [1.165, 1.54) is 23.1 Å². The van der Waals surface area contributed by atoms with Gasteiger partial charge in [-0.05, 0) is 30.7 Å². The van der Waals surface area contributed by atoms with Gasteiger partial charge in [0.2, 0.25) is 11.7 Å². The van der Waals surface area contributed by atoms with Crippen molar-refractivity contribution in [3.63, 3.8) is 0 Å². The molecule has 2 aromatic rings. The third-order valence-corrected chi connectivity index (χ3v) is 4.11. The second kappa shape index (κ2) is 7.04. The monoisotopic (exact) mass is 303 g/mol. The van der Waals surface area contributed by atoms with E-state index >= 15 is 0 Å². The zero-order valence-electron chi connectivity index (χ0n) is 12.0. The molecule has 0 atom stereocenters. The first-order valence-electron chi connectivity index (χ1n) is 6.71. The summed E-state index contributed by atoms with van der Waals surface area (Å²) in [6.45, 7) is 3.44. The Morgan fingerprint density at radius 2 is 1.95 bits per heavy atom. The smallest absolute Gasteiger partial charge is 0.221 e. The molecule has 1 amide bonds. The molecule has 5 heteroatoms. The van der Waals surface area contributed by atoms with Crippen LogP contribution in [0.3, 0.4) is 0 Å². The Morgan fingerprint density at radius 3 is 2.62 bits per heavy atom. The van der Waals surface area contributed by atoms with Crippen LogP contribution in [-0.4, -0.2) is 18.3 Å². The summed E-state index contributed by atoms with van der Waals surface area (Å²) in [6, 6.07) is 10.8. The fraction of sp³-hybridized carbons (Fsp3) is 0.250. The van der Waals surface area contributed by atoms with E-state index in [1.807, 2.05) is 12.1 Å². The maximum absolute atomic E-state index is 12.1. The Morgan fingerprint density at radius 1 is 1.19 bits per heavy atom. The van der Waals surface area contributed by atoms with Crippen LogP contribution in [-0.2, 0) is 11.2 Å². The molecule has 0 bridgehead atoms. The van der Waals surface area contributed by atoms with Gasteiger partial charge in [0, 0.05) is 11.8 Å². The number of nitrogens with one attached hydrogen (secondary N) is 1. The number of amides is 1. The summed E-state index contributed by atoms with van der Waals surface area (Å²) in [5, 5.41) is 2.68. The van der Waals surface area contributed by atoms with Gasteiger partial charge in [-0.1, -0.05) is 19.1 Å². The molecule has 0 unspecified atom stereocenters. The highest BCUT2D eigenvalue weighted by Gasteiger charge is 2.11. The van der Waals surface area contributed by atoms with Crippen molar-refractivity contribution in [2.45, 2.75) is 20.3 Å². The molecule has 21 heavy (non-hydrogen) atoms. The number of benzene rings is 1. The van der Waals surface area contributed by atoms with Crippen LogP contribution >= 0.6 is 11.3 Å². The Hall–Kier alpha value is -2.14. The Bertz CT molecular complexity index is 648. The normalized spacial score (nSPS) is 10.2. The topological polar surface area (TPSA) is 55.4 Å². The van der Waals surface area contributed by atoms with E-state index in [4.69, 9.17) is 4.74 Å². The summed E-state index contributed by atoms with van der Waals surface area (Å²) in [5.74, 6) is 0.258. The number of ketones is 1. The molecule has 0 fully saturated rings. The molecule has 0 aliphatic heterocycles. The molecule has 0 saturated heterocycles. The average Bonchev–Trinajstić information content (AvgIpc) is 2.94. The van der Waals surface area contributed by atoms with Gasteiger partial charge in [0.25, 0.3) is 0 Å². The number of para-hydroxylation sites is 2. The van der Waals surface area contributed by atoms with Crippen LogP contribution in [0.1, 0.15) is 28.4 Å². The number of carbonyl (C=O) groups is 2. The maximum Gasteiger partial charge on any atom is 0.221 e. The lowest BCUT2D eigenvalue weighted by atomic mass is 10.3. The number of aryl methyl sites for hydroxylation is 1. The largest absolute Gasteiger partial charge is 0.483 e. The van der Waals surface area contributed by atoms with Gasteiger partial charge in [0.15, 0.2) is 6.61 Å². The van der Waals surface area contributed by atoms with Crippen molar-refractivity contribution >= 4 is 28.7 Å². The molecule has 1 aromatic heterocycles. The third-order valence-electron chi connectivity index (χ3n) is 2.84. The van der Waals surface area contributed by atoms with Crippen LogP contribution < -0.4 is 10.1 Å². The van der Waals surface area contributed by atoms with Gasteiger partial charge in [0.1, 0.15) is 5.75 Å². The lowest BCUT2D eigenvalue weighted by Gasteiger charge is -2.10.